The SMILES string of the molecule is CCCOC1CCCN(C[C@H](C)O)C1. The number of aliphatic hydroxyl groups excluding tert-OH is 1. The minimum atomic E-state index is -0.222. The molecule has 0 aliphatic carbocycles. The third kappa shape index (κ3) is 4.40. The van der Waals surface area contributed by atoms with Gasteiger partial charge in [0.15, 0.2) is 0 Å². The number of likely N-dealkylation sites (tertiary alicyclic amines) is 1. The van der Waals surface area contributed by atoms with E-state index in [4.69, 9.17) is 4.74 Å². The average Bonchev–Trinajstić information content (AvgIpc) is 2.14. The Morgan fingerprint density at radius 2 is 2.36 bits per heavy atom. The van der Waals surface area contributed by atoms with Gasteiger partial charge in [-0.3, -0.25) is 4.90 Å². The van der Waals surface area contributed by atoms with Gasteiger partial charge in [0.05, 0.1) is 12.2 Å². The molecule has 0 aromatic heterocycles. The zero-order valence-corrected chi connectivity index (χ0v) is 9.41. The van der Waals surface area contributed by atoms with Crippen LogP contribution in [-0.2, 0) is 4.74 Å². The van der Waals surface area contributed by atoms with Gasteiger partial charge in [0.25, 0.3) is 0 Å². The summed E-state index contributed by atoms with van der Waals surface area (Å²) in [5.41, 5.74) is 0. The molecule has 1 aliphatic rings. The van der Waals surface area contributed by atoms with Crippen molar-refractivity contribution in [3.63, 3.8) is 0 Å². The molecule has 0 bridgehead atoms. The largest absolute Gasteiger partial charge is 0.392 e. The molecule has 1 aliphatic heterocycles. The Morgan fingerprint density at radius 1 is 1.57 bits per heavy atom. The summed E-state index contributed by atoms with van der Waals surface area (Å²) < 4.78 is 5.72. The van der Waals surface area contributed by atoms with Crippen LogP contribution in [0, 0.1) is 0 Å². The maximum atomic E-state index is 9.28. The number of β-amino-alcohol motifs (C(OH)–C–C–N with tert-alkyl or cyclic N) is 1. The zero-order chi connectivity index (χ0) is 10.4. The van der Waals surface area contributed by atoms with Crippen LogP contribution in [0.1, 0.15) is 33.1 Å². The normalized spacial score (nSPS) is 26.4. The number of hydrogen-bond acceptors (Lipinski definition) is 3. The Kier molecular flexibility index (Phi) is 5.45. The molecular formula is C11H23NO2. The van der Waals surface area contributed by atoms with Crippen LogP contribution in [-0.4, -0.2) is 48.5 Å². The number of piperidine rings is 1. The summed E-state index contributed by atoms with van der Waals surface area (Å²) in [5, 5.41) is 9.28. The molecule has 1 heterocycles. The van der Waals surface area contributed by atoms with E-state index in [0.29, 0.717) is 6.10 Å². The van der Waals surface area contributed by atoms with Crippen molar-refractivity contribution in [1.82, 2.24) is 4.90 Å². The van der Waals surface area contributed by atoms with E-state index in [0.717, 1.165) is 32.7 Å². The van der Waals surface area contributed by atoms with Gasteiger partial charge >= 0.3 is 0 Å². The first-order chi connectivity index (χ1) is 6.72. The van der Waals surface area contributed by atoms with E-state index >= 15 is 0 Å². The van der Waals surface area contributed by atoms with Gasteiger partial charge in [0, 0.05) is 19.7 Å². The molecule has 0 aromatic rings. The lowest BCUT2D eigenvalue weighted by Gasteiger charge is -2.33. The molecule has 1 fully saturated rings. The van der Waals surface area contributed by atoms with E-state index in [9.17, 15) is 5.11 Å². The highest BCUT2D eigenvalue weighted by Crippen LogP contribution is 2.13. The molecule has 14 heavy (non-hydrogen) atoms. The summed E-state index contributed by atoms with van der Waals surface area (Å²) in [6.45, 7) is 7.73. The monoisotopic (exact) mass is 201 g/mol. The smallest absolute Gasteiger partial charge is 0.0702 e. The zero-order valence-electron chi connectivity index (χ0n) is 9.41. The molecule has 2 atom stereocenters. The Labute approximate surface area is 87.1 Å². The fourth-order valence-corrected chi connectivity index (χ4v) is 1.97. The number of aliphatic hydroxyl groups is 1. The molecule has 3 nitrogen and oxygen atoms in total. The Bertz CT molecular complexity index is 150. The van der Waals surface area contributed by atoms with Crippen molar-refractivity contribution in [2.45, 2.75) is 45.3 Å². The topological polar surface area (TPSA) is 32.7 Å². The maximum absolute atomic E-state index is 9.28. The van der Waals surface area contributed by atoms with E-state index in [1.54, 1.807) is 0 Å². The van der Waals surface area contributed by atoms with Crippen LogP contribution in [0.3, 0.4) is 0 Å². The van der Waals surface area contributed by atoms with Gasteiger partial charge in [-0.15, -0.1) is 0 Å². The van der Waals surface area contributed by atoms with Gasteiger partial charge in [-0.25, -0.2) is 0 Å². The molecule has 0 amide bonds. The standard InChI is InChI=1S/C11H23NO2/c1-3-7-14-11-5-4-6-12(9-11)8-10(2)13/h10-11,13H,3-9H2,1-2H3/t10-,11?/m0/s1. The molecule has 84 valence electrons. The Balaban J connectivity index is 2.21. The van der Waals surface area contributed by atoms with Gasteiger partial charge in [0.2, 0.25) is 0 Å². The van der Waals surface area contributed by atoms with Crippen LogP contribution >= 0.6 is 0 Å². The number of ether oxygens (including phenoxy) is 1. The lowest BCUT2D eigenvalue weighted by molar-refractivity contribution is -0.00989. The Hall–Kier alpha value is -0.120. The van der Waals surface area contributed by atoms with Crippen LogP contribution < -0.4 is 0 Å². The summed E-state index contributed by atoms with van der Waals surface area (Å²) >= 11 is 0. The van der Waals surface area contributed by atoms with E-state index in [1.165, 1.54) is 12.8 Å². The summed E-state index contributed by atoms with van der Waals surface area (Å²) in [4.78, 5) is 2.30. The van der Waals surface area contributed by atoms with Crippen LogP contribution in [0.15, 0.2) is 0 Å². The molecule has 1 rings (SSSR count). The summed E-state index contributed by atoms with van der Waals surface area (Å²) in [7, 11) is 0. The van der Waals surface area contributed by atoms with Gasteiger partial charge in [0.1, 0.15) is 0 Å². The van der Waals surface area contributed by atoms with Crippen molar-refractivity contribution in [2.75, 3.05) is 26.2 Å². The van der Waals surface area contributed by atoms with Gasteiger partial charge in [-0.05, 0) is 32.7 Å². The van der Waals surface area contributed by atoms with Gasteiger partial charge in [-0.2, -0.15) is 0 Å². The summed E-state index contributed by atoms with van der Waals surface area (Å²) in [6, 6.07) is 0. The van der Waals surface area contributed by atoms with E-state index < -0.39 is 0 Å². The molecule has 0 radical (unpaired) electrons. The van der Waals surface area contributed by atoms with Crippen molar-refractivity contribution in [3.05, 3.63) is 0 Å². The third-order valence-corrected chi connectivity index (χ3v) is 2.54. The van der Waals surface area contributed by atoms with Crippen molar-refractivity contribution in [2.24, 2.45) is 0 Å². The first-order valence-electron chi connectivity index (χ1n) is 5.74. The quantitative estimate of drug-likeness (QED) is 0.727. The lowest BCUT2D eigenvalue weighted by atomic mass is 10.1. The van der Waals surface area contributed by atoms with Crippen LogP contribution in [0.2, 0.25) is 0 Å². The molecular weight excluding hydrogens is 178 g/mol. The fourth-order valence-electron chi connectivity index (χ4n) is 1.97. The molecule has 0 saturated carbocycles. The third-order valence-electron chi connectivity index (χ3n) is 2.54. The first-order valence-corrected chi connectivity index (χ1v) is 5.74. The highest BCUT2D eigenvalue weighted by molar-refractivity contribution is 4.74. The van der Waals surface area contributed by atoms with Gasteiger partial charge < -0.3 is 9.84 Å². The Morgan fingerprint density at radius 3 is 3.00 bits per heavy atom. The number of rotatable bonds is 5. The van der Waals surface area contributed by atoms with Crippen molar-refractivity contribution >= 4 is 0 Å². The van der Waals surface area contributed by atoms with Crippen molar-refractivity contribution in [1.29, 1.82) is 0 Å². The predicted molar refractivity (Wildman–Crippen MR) is 57.4 cm³/mol. The second-order valence-electron chi connectivity index (χ2n) is 4.24. The van der Waals surface area contributed by atoms with Crippen molar-refractivity contribution < 1.29 is 9.84 Å². The molecule has 3 heteroatoms. The predicted octanol–water partition coefficient (Wildman–Crippen LogP) is 1.26. The molecule has 1 N–H and O–H groups in total. The highest BCUT2D eigenvalue weighted by Gasteiger charge is 2.20. The first kappa shape index (κ1) is 12.0. The minimum absolute atomic E-state index is 0.222. The van der Waals surface area contributed by atoms with Crippen LogP contribution in [0.25, 0.3) is 0 Å². The van der Waals surface area contributed by atoms with E-state index in [-0.39, 0.29) is 6.10 Å². The second kappa shape index (κ2) is 6.38. The molecule has 0 aromatic carbocycles. The summed E-state index contributed by atoms with van der Waals surface area (Å²) in [6.07, 6.45) is 3.63. The highest BCUT2D eigenvalue weighted by atomic mass is 16.5. The fraction of sp³-hybridized carbons (Fsp3) is 1.00. The molecule has 1 saturated heterocycles. The number of nitrogens with zero attached hydrogens (tertiary/aromatic N) is 1. The van der Waals surface area contributed by atoms with Crippen molar-refractivity contribution in [3.8, 4) is 0 Å². The maximum Gasteiger partial charge on any atom is 0.0702 e. The molecule has 1 unspecified atom stereocenters. The summed E-state index contributed by atoms with van der Waals surface area (Å²) in [5.74, 6) is 0. The van der Waals surface area contributed by atoms with Gasteiger partial charge in [-0.1, -0.05) is 6.92 Å². The average molecular weight is 201 g/mol. The van der Waals surface area contributed by atoms with Crippen LogP contribution in [0.4, 0.5) is 0 Å². The van der Waals surface area contributed by atoms with Crippen LogP contribution in [0.5, 0.6) is 0 Å². The number of hydrogen-bond donors (Lipinski definition) is 1. The molecule has 0 spiro atoms. The second-order valence-corrected chi connectivity index (χ2v) is 4.24. The lowest BCUT2D eigenvalue weighted by Crippen LogP contribution is -2.42. The minimum Gasteiger partial charge on any atom is -0.392 e. The van der Waals surface area contributed by atoms with E-state index in [1.807, 2.05) is 6.92 Å². The van der Waals surface area contributed by atoms with E-state index in [2.05, 4.69) is 11.8 Å².